The molecule has 0 saturated heterocycles. The number of aromatic amines is 1. The number of carboxylic acids is 1. The number of carbonyl (C=O) groups excluding carboxylic acids is 1. The molecule has 7 nitrogen and oxygen atoms in total. The van der Waals surface area contributed by atoms with Crippen LogP contribution in [0.25, 0.3) is 10.9 Å². The first-order valence-electron chi connectivity index (χ1n) is 8.08. The number of fused-ring (bicyclic) bond motifs is 1. The van der Waals surface area contributed by atoms with E-state index < -0.39 is 23.7 Å². The Kier molecular flexibility index (Phi) is 5.78. The number of carboxylic acid groups (broad SMARTS) is 1. The number of amides is 1. The summed E-state index contributed by atoms with van der Waals surface area (Å²) in [4.78, 5) is 26.5. The first-order valence-corrected chi connectivity index (χ1v) is 8.08. The standard InChI is InChI=1S/C19H22N2O5/c1-5-8-25-13-6-7-15-14(10-13)12(11-20-15)9-16(17(22)23)21-18(24)26-19(2,3)4/h1,6-7,10-11,16,20H,8-9H2,2-4H3,(H,21,24)(H,22,23). The molecule has 0 aliphatic rings. The van der Waals surface area contributed by atoms with E-state index in [1.165, 1.54) is 0 Å². The molecule has 1 unspecified atom stereocenters. The van der Waals surface area contributed by atoms with Crippen LogP contribution in [0.2, 0.25) is 0 Å². The van der Waals surface area contributed by atoms with Gasteiger partial charge < -0.3 is 24.9 Å². The van der Waals surface area contributed by atoms with Gasteiger partial charge in [-0.1, -0.05) is 5.92 Å². The Labute approximate surface area is 151 Å². The van der Waals surface area contributed by atoms with E-state index in [0.29, 0.717) is 5.75 Å². The molecule has 138 valence electrons. The maximum atomic E-state index is 11.9. The molecule has 2 rings (SSSR count). The van der Waals surface area contributed by atoms with Gasteiger partial charge in [0.1, 0.15) is 24.0 Å². The molecular weight excluding hydrogens is 336 g/mol. The van der Waals surface area contributed by atoms with Crippen LogP contribution in [-0.4, -0.2) is 40.4 Å². The van der Waals surface area contributed by atoms with Crippen molar-refractivity contribution in [1.82, 2.24) is 10.3 Å². The number of benzene rings is 1. The van der Waals surface area contributed by atoms with E-state index in [1.807, 2.05) is 6.07 Å². The highest BCUT2D eigenvalue weighted by Gasteiger charge is 2.25. The molecule has 0 saturated carbocycles. The third kappa shape index (κ3) is 5.18. The van der Waals surface area contributed by atoms with Crippen LogP contribution in [0, 0.1) is 12.3 Å². The van der Waals surface area contributed by atoms with Crippen molar-refractivity contribution < 1.29 is 24.2 Å². The zero-order valence-electron chi connectivity index (χ0n) is 15.0. The summed E-state index contributed by atoms with van der Waals surface area (Å²) in [6.45, 7) is 5.27. The minimum absolute atomic E-state index is 0.0904. The van der Waals surface area contributed by atoms with E-state index in [-0.39, 0.29) is 13.0 Å². The second kappa shape index (κ2) is 7.83. The Bertz CT molecular complexity index is 842. The molecule has 0 aliphatic carbocycles. The first-order chi connectivity index (χ1) is 12.2. The van der Waals surface area contributed by atoms with Crippen LogP contribution in [-0.2, 0) is 16.0 Å². The van der Waals surface area contributed by atoms with Gasteiger partial charge in [-0.05, 0) is 44.5 Å². The molecule has 1 aromatic heterocycles. The molecule has 1 heterocycles. The van der Waals surface area contributed by atoms with Crippen LogP contribution in [0.4, 0.5) is 4.79 Å². The highest BCUT2D eigenvalue weighted by atomic mass is 16.6. The predicted molar refractivity (Wildman–Crippen MR) is 97.1 cm³/mol. The average molecular weight is 358 g/mol. The third-order valence-electron chi connectivity index (χ3n) is 3.47. The van der Waals surface area contributed by atoms with Crippen LogP contribution < -0.4 is 10.1 Å². The smallest absolute Gasteiger partial charge is 0.408 e. The molecule has 1 atom stereocenters. The van der Waals surface area contributed by atoms with Gasteiger partial charge in [0.2, 0.25) is 0 Å². The lowest BCUT2D eigenvalue weighted by Gasteiger charge is -2.22. The van der Waals surface area contributed by atoms with Gasteiger partial charge in [0, 0.05) is 23.5 Å². The fraction of sp³-hybridized carbons (Fsp3) is 0.368. The highest BCUT2D eigenvalue weighted by Crippen LogP contribution is 2.25. The number of ether oxygens (including phenoxy) is 2. The van der Waals surface area contributed by atoms with E-state index in [4.69, 9.17) is 15.9 Å². The van der Waals surface area contributed by atoms with Gasteiger partial charge in [0.05, 0.1) is 0 Å². The molecule has 0 radical (unpaired) electrons. The molecule has 1 aromatic carbocycles. The number of hydrogen-bond acceptors (Lipinski definition) is 4. The van der Waals surface area contributed by atoms with Gasteiger partial charge >= 0.3 is 12.1 Å². The summed E-state index contributed by atoms with van der Waals surface area (Å²) in [5.41, 5.74) is 0.848. The summed E-state index contributed by atoms with van der Waals surface area (Å²) in [6.07, 6.45) is 6.22. The molecule has 7 heteroatoms. The van der Waals surface area contributed by atoms with Crippen molar-refractivity contribution >= 4 is 23.0 Å². The van der Waals surface area contributed by atoms with Crippen molar-refractivity contribution in [3.8, 4) is 18.1 Å². The number of aromatic nitrogens is 1. The van der Waals surface area contributed by atoms with Gasteiger partial charge in [-0.2, -0.15) is 0 Å². The van der Waals surface area contributed by atoms with Crippen molar-refractivity contribution in [1.29, 1.82) is 0 Å². The van der Waals surface area contributed by atoms with Crippen LogP contribution >= 0.6 is 0 Å². The van der Waals surface area contributed by atoms with E-state index in [0.717, 1.165) is 16.5 Å². The van der Waals surface area contributed by atoms with Gasteiger partial charge in [-0.15, -0.1) is 6.42 Å². The zero-order chi connectivity index (χ0) is 19.3. The van der Waals surface area contributed by atoms with E-state index in [2.05, 4.69) is 16.2 Å². The lowest BCUT2D eigenvalue weighted by atomic mass is 10.0. The fourth-order valence-electron chi connectivity index (χ4n) is 2.41. The van der Waals surface area contributed by atoms with E-state index in [1.54, 1.807) is 39.1 Å². The average Bonchev–Trinajstić information content (AvgIpc) is 2.92. The van der Waals surface area contributed by atoms with Gasteiger partial charge in [0.25, 0.3) is 0 Å². The lowest BCUT2D eigenvalue weighted by molar-refractivity contribution is -0.139. The summed E-state index contributed by atoms with van der Waals surface area (Å²) in [5.74, 6) is 1.83. The van der Waals surface area contributed by atoms with Crippen LogP contribution in [0.5, 0.6) is 5.75 Å². The van der Waals surface area contributed by atoms with Crippen molar-refractivity contribution in [2.45, 2.75) is 38.8 Å². The van der Waals surface area contributed by atoms with E-state index in [9.17, 15) is 14.7 Å². The zero-order valence-corrected chi connectivity index (χ0v) is 15.0. The Balaban J connectivity index is 2.19. The second-order valence-electron chi connectivity index (χ2n) is 6.76. The third-order valence-corrected chi connectivity index (χ3v) is 3.47. The van der Waals surface area contributed by atoms with Crippen molar-refractivity contribution in [2.75, 3.05) is 6.61 Å². The molecule has 0 bridgehead atoms. The Morgan fingerprint density at radius 1 is 1.38 bits per heavy atom. The molecule has 2 aromatic rings. The normalized spacial score (nSPS) is 12.2. The second-order valence-corrected chi connectivity index (χ2v) is 6.76. The highest BCUT2D eigenvalue weighted by molar-refractivity contribution is 5.86. The summed E-state index contributed by atoms with van der Waals surface area (Å²) in [7, 11) is 0. The van der Waals surface area contributed by atoms with Crippen LogP contribution in [0.3, 0.4) is 0 Å². The summed E-state index contributed by atoms with van der Waals surface area (Å²) in [5, 5.41) is 12.6. The summed E-state index contributed by atoms with van der Waals surface area (Å²) < 4.78 is 10.5. The molecule has 0 fully saturated rings. The van der Waals surface area contributed by atoms with Gasteiger partial charge in [0.15, 0.2) is 0 Å². The monoisotopic (exact) mass is 358 g/mol. The number of nitrogens with one attached hydrogen (secondary N) is 2. The Hall–Kier alpha value is -3.14. The quantitative estimate of drug-likeness (QED) is 0.689. The minimum Gasteiger partial charge on any atom is -0.481 e. The molecular formula is C19H22N2O5. The SMILES string of the molecule is C#CCOc1ccc2[nH]cc(CC(NC(=O)OC(C)(C)C)C(=O)O)c2c1. The summed E-state index contributed by atoms with van der Waals surface area (Å²) in [6, 6.07) is 4.25. The van der Waals surface area contributed by atoms with E-state index >= 15 is 0 Å². The Morgan fingerprint density at radius 2 is 2.12 bits per heavy atom. The van der Waals surface area contributed by atoms with Gasteiger partial charge in [-0.3, -0.25) is 0 Å². The number of hydrogen-bond donors (Lipinski definition) is 3. The van der Waals surface area contributed by atoms with Crippen molar-refractivity contribution in [3.05, 3.63) is 30.0 Å². The number of aliphatic carboxylic acids is 1. The Morgan fingerprint density at radius 3 is 2.73 bits per heavy atom. The topological polar surface area (TPSA) is 101 Å². The van der Waals surface area contributed by atoms with Crippen LogP contribution in [0.15, 0.2) is 24.4 Å². The van der Waals surface area contributed by atoms with Gasteiger partial charge in [-0.25, -0.2) is 9.59 Å². The molecule has 26 heavy (non-hydrogen) atoms. The number of rotatable bonds is 6. The maximum Gasteiger partial charge on any atom is 0.408 e. The maximum absolute atomic E-state index is 11.9. The summed E-state index contributed by atoms with van der Waals surface area (Å²) >= 11 is 0. The lowest BCUT2D eigenvalue weighted by Crippen LogP contribution is -2.44. The van der Waals surface area contributed by atoms with Crippen LogP contribution in [0.1, 0.15) is 26.3 Å². The van der Waals surface area contributed by atoms with Crippen molar-refractivity contribution in [2.24, 2.45) is 0 Å². The number of terminal acetylenes is 1. The largest absolute Gasteiger partial charge is 0.481 e. The first kappa shape index (κ1) is 19.2. The molecule has 3 N–H and O–H groups in total. The van der Waals surface area contributed by atoms with Crippen molar-refractivity contribution in [3.63, 3.8) is 0 Å². The minimum atomic E-state index is -1.15. The predicted octanol–water partition coefficient (Wildman–Crippen LogP) is 2.70. The number of H-pyrrole nitrogens is 1. The molecule has 1 amide bonds. The molecule has 0 aliphatic heterocycles. The fourth-order valence-corrected chi connectivity index (χ4v) is 2.41. The molecule has 0 spiro atoms. The number of alkyl carbamates (subject to hydrolysis) is 1. The number of carbonyl (C=O) groups is 2.